The number of aliphatic hydroxyl groups is 1. The topological polar surface area (TPSA) is 73.9 Å². The second-order valence-electron chi connectivity index (χ2n) is 3.20. The van der Waals surface area contributed by atoms with Crippen molar-refractivity contribution in [3.8, 4) is 17.2 Å². The van der Waals surface area contributed by atoms with Gasteiger partial charge < -0.3 is 25.1 Å². The third-order valence-electron chi connectivity index (χ3n) is 2.31. The molecule has 3 N–H and O–H groups in total. The first-order valence-electron chi connectivity index (χ1n) is 4.62. The fourth-order valence-electron chi connectivity index (χ4n) is 1.50. The third kappa shape index (κ3) is 1.71. The van der Waals surface area contributed by atoms with Crippen molar-refractivity contribution in [3.63, 3.8) is 0 Å². The van der Waals surface area contributed by atoms with E-state index in [1.165, 1.54) is 7.11 Å². The van der Waals surface area contributed by atoms with Crippen LogP contribution in [0.2, 0.25) is 0 Å². The van der Waals surface area contributed by atoms with Crippen LogP contribution in [0.25, 0.3) is 0 Å². The van der Waals surface area contributed by atoms with Gasteiger partial charge in [-0.15, -0.1) is 0 Å². The number of methoxy groups -OCH3 is 1. The molecule has 0 unspecified atom stereocenters. The molecular weight excluding hydrogens is 198 g/mol. The second kappa shape index (κ2) is 3.96. The summed E-state index contributed by atoms with van der Waals surface area (Å²) in [5, 5.41) is 9.67. The molecule has 0 amide bonds. The van der Waals surface area contributed by atoms with E-state index in [2.05, 4.69) is 0 Å². The molecule has 0 spiro atoms. The summed E-state index contributed by atoms with van der Waals surface area (Å²) in [6, 6.07) is 3.38. The summed E-state index contributed by atoms with van der Waals surface area (Å²) < 4.78 is 15.5. The van der Waals surface area contributed by atoms with Crippen molar-refractivity contribution in [1.29, 1.82) is 0 Å². The third-order valence-corrected chi connectivity index (χ3v) is 2.31. The Morgan fingerprint density at radius 1 is 1.47 bits per heavy atom. The van der Waals surface area contributed by atoms with Gasteiger partial charge in [-0.25, -0.2) is 0 Å². The van der Waals surface area contributed by atoms with E-state index in [-0.39, 0.29) is 13.3 Å². The minimum Gasteiger partial charge on any atom is -0.496 e. The van der Waals surface area contributed by atoms with Crippen molar-refractivity contribution in [2.75, 3.05) is 20.4 Å². The van der Waals surface area contributed by atoms with Gasteiger partial charge in [0.2, 0.25) is 6.79 Å². The highest BCUT2D eigenvalue weighted by Gasteiger charge is 2.20. The lowest BCUT2D eigenvalue weighted by molar-refractivity contribution is 0.172. The van der Waals surface area contributed by atoms with Crippen LogP contribution < -0.4 is 19.9 Å². The smallest absolute Gasteiger partial charge is 0.231 e. The molecule has 5 nitrogen and oxygen atoms in total. The Bertz CT molecular complexity index is 367. The Morgan fingerprint density at radius 2 is 2.13 bits per heavy atom. The molecule has 5 heteroatoms. The Balaban J connectivity index is 2.44. The Morgan fingerprint density at radius 3 is 2.73 bits per heavy atom. The molecule has 1 aromatic rings. The number of nitrogens with two attached hydrogens (primary N) is 1. The van der Waals surface area contributed by atoms with Crippen LogP contribution in [0, 0.1) is 0 Å². The SMILES string of the molecule is COc1cc2c(cc1[C@H](O)CN)OCO2. The molecule has 1 aliphatic heterocycles. The van der Waals surface area contributed by atoms with Gasteiger partial charge in [-0.05, 0) is 6.07 Å². The van der Waals surface area contributed by atoms with Gasteiger partial charge in [-0.3, -0.25) is 0 Å². The maximum absolute atomic E-state index is 9.67. The minimum absolute atomic E-state index is 0.135. The van der Waals surface area contributed by atoms with Crippen molar-refractivity contribution in [2.24, 2.45) is 5.73 Å². The molecule has 0 radical (unpaired) electrons. The average molecular weight is 211 g/mol. The van der Waals surface area contributed by atoms with Gasteiger partial charge in [-0.1, -0.05) is 0 Å². The van der Waals surface area contributed by atoms with Gasteiger partial charge >= 0.3 is 0 Å². The van der Waals surface area contributed by atoms with Crippen LogP contribution >= 0.6 is 0 Å². The molecule has 1 aliphatic rings. The van der Waals surface area contributed by atoms with Crippen LogP contribution in [0.4, 0.5) is 0 Å². The van der Waals surface area contributed by atoms with Gasteiger partial charge in [0.15, 0.2) is 11.5 Å². The summed E-state index contributed by atoms with van der Waals surface area (Å²) >= 11 is 0. The van der Waals surface area contributed by atoms with Gasteiger partial charge in [0.05, 0.1) is 13.2 Å². The van der Waals surface area contributed by atoms with Crippen LogP contribution in [-0.2, 0) is 0 Å². The molecule has 15 heavy (non-hydrogen) atoms. The Hall–Kier alpha value is -1.46. The first kappa shape index (κ1) is 10.1. The van der Waals surface area contributed by atoms with E-state index in [1.54, 1.807) is 12.1 Å². The van der Waals surface area contributed by atoms with Gasteiger partial charge in [0, 0.05) is 18.2 Å². The van der Waals surface area contributed by atoms with Crippen LogP contribution in [-0.4, -0.2) is 25.6 Å². The van der Waals surface area contributed by atoms with Crippen molar-refractivity contribution < 1.29 is 19.3 Å². The molecule has 0 fully saturated rings. The zero-order valence-corrected chi connectivity index (χ0v) is 8.40. The molecule has 0 saturated heterocycles. The van der Waals surface area contributed by atoms with E-state index < -0.39 is 6.10 Å². The highest BCUT2D eigenvalue weighted by molar-refractivity contribution is 5.52. The number of rotatable bonds is 3. The molecule has 1 aromatic carbocycles. The van der Waals surface area contributed by atoms with Crippen LogP contribution in [0.1, 0.15) is 11.7 Å². The maximum Gasteiger partial charge on any atom is 0.231 e. The molecular formula is C10H13NO4. The van der Waals surface area contributed by atoms with Crippen molar-refractivity contribution in [3.05, 3.63) is 17.7 Å². The zero-order chi connectivity index (χ0) is 10.8. The summed E-state index contributed by atoms with van der Waals surface area (Å²) in [6.45, 7) is 0.330. The summed E-state index contributed by atoms with van der Waals surface area (Å²) in [4.78, 5) is 0. The van der Waals surface area contributed by atoms with Crippen molar-refractivity contribution in [1.82, 2.24) is 0 Å². The largest absolute Gasteiger partial charge is 0.496 e. The second-order valence-corrected chi connectivity index (χ2v) is 3.20. The van der Waals surface area contributed by atoms with E-state index >= 15 is 0 Å². The fourth-order valence-corrected chi connectivity index (χ4v) is 1.50. The molecule has 82 valence electrons. The number of hydrogen-bond acceptors (Lipinski definition) is 5. The minimum atomic E-state index is -0.755. The highest BCUT2D eigenvalue weighted by Crippen LogP contribution is 2.39. The normalized spacial score (nSPS) is 15.1. The van der Waals surface area contributed by atoms with Crippen molar-refractivity contribution >= 4 is 0 Å². The molecule has 0 aliphatic carbocycles. The van der Waals surface area contributed by atoms with E-state index in [9.17, 15) is 5.11 Å². The summed E-state index contributed by atoms with van der Waals surface area (Å²) in [6.07, 6.45) is -0.755. The summed E-state index contributed by atoms with van der Waals surface area (Å²) in [7, 11) is 1.53. The number of benzene rings is 1. The number of ether oxygens (including phenoxy) is 3. The van der Waals surface area contributed by atoms with Gasteiger partial charge in [0.1, 0.15) is 5.75 Å². The highest BCUT2D eigenvalue weighted by atomic mass is 16.7. The van der Waals surface area contributed by atoms with E-state index in [1.807, 2.05) is 0 Å². The average Bonchev–Trinajstić information content (AvgIpc) is 2.73. The number of aliphatic hydroxyl groups excluding tert-OH is 1. The molecule has 1 heterocycles. The molecule has 0 aromatic heterocycles. The lowest BCUT2D eigenvalue weighted by Gasteiger charge is -2.13. The Labute approximate surface area is 87.4 Å². The van der Waals surface area contributed by atoms with Crippen LogP contribution in [0.3, 0.4) is 0 Å². The first-order valence-corrected chi connectivity index (χ1v) is 4.62. The summed E-state index contributed by atoms with van der Waals surface area (Å²) in [5.74, 6) is 1.79. The first-order chi connectivity index (χ1) is 7.26. The van der Waals surface area contributed by atoms with E-state index in [4.69, 9.17) is 19.9 Å². The predicted molar refractivity (Wildman–Crippen MR) is 53.1 cm³/mol. The lowest BCUT2D eigenvalue weighted by atomic mass is 10.1. The standard InChI is InChI=1S/C10H13NO4/c1-13-8-3-10-9(14-5-15-10)2-6(8)7(12)4-11/h2-3,7,12H,4-5,11H2,1H3/t7-/m1/s1. The fraction of sp³-hybridized carbons (Fsp3) is 0.400. The maximum atomic E-state index is 9.67. The monoisotopic (exact) mass is 211 g/mol. The Kier molecular flexibility index (Phi) is 2.66. The molecule has 1 atom stereocenters. The van der Waals surface area contributed by atoms with Gasteiger partial charge in [-0.2, -0.15) is 0 Å². The molecule has 0 saturated carbocycles. The van der Waals surface area contributed by atoms with E-state index in [0.717, 1.165) is 0 Å². The zero-order valence-electron chi connectivity index (χ0n) is 8.40. The lowest BCUT2D eigenvalue weighted by Crippen LogP contribution is -2.12. The summed E-state index contributed by atoms with van der Waals surface area (Å²) in [5.41, 5.74) is 6.01. The van der Waals surface area contributed by atoms with Crippen LogP contribution in [0.5, 0.6) is 17.2 Å². The molecule has 2 rings (SSSR count). The van der Waals surface area contributed by atoms with Crippen LogP contribution in [0.15, 0.2) is 12.1 Å². The number of hydrogen-bond donors (Lipinski definition) is 2. The van der Waals surface area contributed by atoms with Crippen molar-refractivity contribution in [2.45, 2.75) is 6.10 Å². The molecule has 0 bridgehead atoms. The van der Waals surface area contributed by atoms with E-state index in [0.29, 0.717) is 22.8 Å². The van der Waals surface area contributed by atoms with Gasteiger partial charge in [0.25, 0.3) is 0 Å². The quantitative estimate of drug-likeness (QED) is 0.757. The predicted octanol–water partition coefficient (Wildman–Crippen LogP) is 0.416. The number of fused-ring (bicyclic) bond motifs is 1.